The molecule has 2 heterocycles. The maximum atomic E-state index is 12.6. The van der Waals surface area contributed by atoms with Gasteiger partial charge in [0.1, 0.15) is 5.75 Å². The van der Waals surface area contributed by atoms with Gasteiger partial charge in [0, 0.05) is 18.7 Å². The normalized spacial score (nSPS) is 18.9. The summed E-state index contributed by atoms with van der Waals surface area (Å²) in [4.78, 5) is 29.9. The van der Waals surface area contributed by atoms with E-state index in [1.165, 1.54) is 4.90 Å². The van der Waals surface area contributed by atoms with Gasteiger partial charge in [-0.2, -0.15) is 0 Å². The summed E-state index contributed by atoms with van der Waals surface area (Å²) in [6.07, 6.45) is 0. The van der Waals surface area contributed by atoms with Gasteiger partial charge >= 0.3 is 0 Å². The van der Waals surface area contributed by atoms with Crippen LogP contribution in [0.3, 0.4) is 0 Å². The summed E-state index contributed by atoms with van der Waals surface area (Å²) >= 11 is 0. The third-order valence-electron chi connectivity index (χ3n) is 4.86. The molecule has 1 aromatic rings. The number of nitrogens with one attached hydrogen (secondary N) is 1. The van der Waals surface area contributed by atoms with Gasteiger partial charge in [0.25, 0.3) is 11.8 Å². The van der Waals surface area contributed by atoms with E-state index in [1.807, 2.05) is 9.80 Å². The molecule has 7 heteroatoms. The predicted molar refractivity (Wildman–Crippen MR) is 91.9 cm³/mol. The number of piperazine rings is 1. The number of hydrogen-bond acceptors (Lipinski definition) is 4. The van der Waals surface area contributed by atoms with Gasteiger partial charge in [-0.05, 0) is 24.3 Å². The van der Waals surface area contributed by atoms with Gasteiger partial charge in [0.05, 0.1) is 46.5 Å². The molecule has 0 aliphatic carbocycles. The summed E-state index contributed by atoms with van der Waals surface area (Å²) in [6.45, 7) is 6.10. The van der Waals surface area contributed by atoms with Gasteiger partial charge in [-0.15, -0.1) is 0 Å². The molecule has 0 aromatic heterocycles. The lowest BCUT2D eigenvalue weighted by Gasteiger charge is -2.33. The van der Waals surface area contributed by atoms with Crippen molar-refractivity contribution in [1.82, 2.24) is 9.80 Å². The monoisotopic (exact) mass is 348 g/mol. The van der Waals surface area contributed by atoms with E-state index < -0.39 is 0 Å². The average Bonchev–Trinajstić information content (AvgIpc) is 2.69. The van der Waals surface area contributed by atoms with Crippen LogP contribution in [-0.4, -0.2) is 87.8 Å². The Hall–Kier alpha value is -2.12. The number of rotatable bonds is 4. The van der Waals surface area contributed by atoms with E-state index in [0.29, 0.717) is 51.5 Å². The number of amides is 2. The van der Waals surface area contributed by atoms with E-state index in [1.54, 1.807) is 31.4 Å². The minimum absolute atomic E-state index is 0.0428. The van der Waals surface area contributed by atoms with Crippen LogP contribution < -0.4 is 9.64 Å². The molecular formula is C18H26N3O4+. The van der Waals surface area contributed by atoms with Gasteiger partial charge in [0.15, 0.2) is 6.54 Å². The van der Waals surface area contributed by atoms with Crippen LogP contribution in [-0.2, 0) is 9.53 Å². The van der Waals surface area contributed by atoms with Crippen molar-refractivity contribution in [3.8, 4) is 5.75 Å². The first-order valence-corrected chi connectivity index (χ1v) is 8.80. The molecule has 2 aliphatic rings. The quantitative estimate of drug-likeness (QED) is 0.750. The molecule has 0 spiro atoms. The number of morpholine rings is 1. The third-order valence-corrected chi connectivity index (χ3v) is 4.86. The van der Waals surface area contributed by atoms with Crippen molar-refractivity contribution in [1.29, 1.82) is 0 Å². The number of carbonyl (C=O) groups is 2. The molecule has 136 valence electrons. The second kappa shape index (κ2) is 8.31. The molecule has 1 N–H and O–H groups in total. The van der Waals surface area contributed by atoms with Crippen LogP contribution >= 0.6 is 0 Å². The molecule has 1 aromatic carbocycles. The number of nitrogens with zero attached hydrogens (tertiary/aromatic N) is 2. The van der Waals surface area contributed by atoms with Crippen molar-refractivity contribution < 1.29 is 24.0 Å². The highest BCUT2D eigenvalue weighted by Gasteiger charge is 2.28. The first-order chi connectivity index (χ1) is 12.2. The molecule has 25 heavy (non-hydrogen) atoms. The van der Waals surface area contributed by atoms with E-state index in [9.17, 15) is 9.59 Å². The lowest BCUT2D eigenvalue weighted by Crippen LogP contribution is -3.15. The summed E-state index contributed by atoms with van der Waals surface area (Å²) in [7, 11) is 1.61. The fourth-order valence-corrected chi connectivity index (χ4v) is 3.26. The Balaban J connectivity index is 1.47. The van der Waals surface area contributed by atoms with Crippen molar-refractivity contribution in [2.75, 3.05) is 66.1 Å². The van der Waals surface area contributed by atoms with Crippen molar-refractivity contribution >= 4 is 11.8 Å². The Bertz CT molecular complexity index is 591. The molecule has 2 aliphatic heterocycles. The first-order valence-electron chi connectivity index (χ1n) is 8.80. The summed E-state index contributed by atoms with van der Waals surface area (Å²) in [6, 6.07) is 7.19. The Morgan fingerprint density at radius 2 is 1.68 bits per heavy atom. The molecule has 3 rings (SSSR count). The fraction of sp³-hybridized carbons (Fsp3) is 0.556. The van der Waals surface area contributed by atoms with E-state index in [-0.39, 0.29) is 11.8 Å². The Labute approximate surface area is 148 Å². The van der Waals surface area contributed by atoms with Crippen LogP contribution in [0.15, 0.2) is 24.3 Å². The second-order valence-corrected chi connectivity index (χ2v) is 6.44. The van der Waals surface area contributed by atoms with Crippen molar-refractivity contribution in [2.45, 2.75) is 0 Å². The van der Waals surface area contributed by atoms with Gasteiger partial charge in [0.2, 0.25) is 0 Å². The topological polar surface area (TPSA) is 63.5 Å². The van der Waals surface area contributed by atoms with Crippen molar-refractivity contribution in [2.24, 2.45) is 0 Å². The van der Waals surface area contributed by atoms with Gasteiger partial charge in [-0.1, -0.05) is 0 Å². The number of ether oxygens (including phenoxy) is 2. The Morgan fingerprint density at radius 3 is 2.28 bits per heavy atom. The SMILES string of the molecule is COc1ccc(C(=O)N2CC[NH+](CC(=O)N3CCOCC3)CC2)cc1. The van der Waals surface area contributed by atoms with Gasteiger partial charge < -0.3 is 24.2 Å². The van der Waals surface area contributed by atoms with E-state index in [4.69, 9.17) is 9.47 Å². The van der Waals surface area contributed by atoms with Gasteiger partial charge in [-0.3, -0.25) is 9.59 Å². The Kier molecular flexibility index (Phi) is 5.88. The second-order valence-electron chi connectivity index (χ2n) is 6.44. The van der Waals surface area contributed by atoms with E-state index >= 15 is 0 Å². The zero-order valence-electron chi connectivity index (χ0n) is 14.7. The molecule has 7 nitrogen and oxygen atoms in total. The molecule has 0 bridgehead atoms. The highest BCUT2D eigenvalue weighted by Crippen LogP contribution is 2.13. The fourth-order valence-electron chi connectivity index (χ4n) is 3.26. The predicted octanol–water partition coefficient (Wildman–Crippen LogP) is -1.11. The molecule has 0 unspecified atom stereocenters. The highest BCUT2D eigenvalue weighted by molar-refractivity contribution is 5.94. The maximum Gasteiger partial charge on any atom is 0.277 e. The zero-order valence-corrected chi connectivity index (χ0v) is 14.7. The molecule has 0 radical (unpaired) electrons. The van der Waals surface area contributed by atoms with Crippen LogP contribution in [0, 0.1) is 0 Å². The van der Waals surface area contributed by atoms with Crippen LogP contribution in [0.1, 0.15) is 10.4 Å². The number of hydrogen-bond donors (Lipinski definition) is 1. The molecular weight excluding hydrogens is 322 g/mol. The van der Waals surface area contributed by atoms with Crippen molar-refractivity contribution in [3.63, 3.8) is 0 Å². The Morgan fingerprint density at radius 1 is 1.04 bits per heavy atom. The number of methoxy groups -OCH3 is 1. The largest absolute Gasteiger partial charge is 0.497 e. The zero-order chi connectivity index (χ0) is 17.6. The summed E-state index contributed by atoms with van der Waals surface area (Å²) in [5.41, 5.74) is 0.675. The third kappa shape index (κ3) is 4.49. The standard InChI is InChI=1S/C18H25N3O4/c1-24-16-4-2-15(3-5-16)18(23)21-8-6-19(7-9-21)14-17(22)20-10-12-25-13-11-20/h2-5H,6-14H2,1H3/p+1. The minimum atomic E-state index is 0.0428. The van der Waals surface area contributed by atoms with E-state index in [0.717, 1.165) is 18.8 Å². The number of carbonyl (C=O) groups excluding carboxylic acids is 2. The number of quaternary nitrogens is 1. The summed E-state index contributed by atoms with van der Waals surface area (Å²) in [5, 5.41) is 0. The lowest BCUT2D eigenvalue weighted by atomic mass is 10.1. The van der Waals surface area contributed by atoms with Crippen LogP contribution in [0.5, 0.6) is 5.75 Å². The molecule has 2 saturated heterocycles. The van der Waals surface area contributed by atoms with Gasteiger partial charge in [-0.25, -0.2) is 0 Å². The number of benzene rings is 1. The summed E-state index contributed by atoms with van der Waals surface area (Å²) in [5.74, 6) is 0.974. The van der Waals surface area contributed by atoms with Crippen molar-refractivity contribution in [3.05, 3.63) is 29.8 Å². The van der Waals surface area contributed by atoms with Crippen LogP contribution in [0.2, 0.25) is 0 Å². The lowest BCUT2D eigenvalue weighted by molar-refractivity contribution is -0.896. The maximum absolute atomic E-state index is 12.6. The average molecular weight is 348 g/mol. The molecule has 0 atom stereocenters. The highest BCUT2D eigenvalue weighted by atomic mass is 16.5. The molecule has 2 fully saturated rings. The smallest absolute Gasteiger partial charge is 0.277 e. The van der Waals surface area contributed by atoms with E-state index in [2.05, 4.69) is 0 Å². The molecule has 0 saturated carbocycles. The molecule has 2 amide bonds. The van der Waals surface area contributed by atoms with Crippen LogP contribution in [0.4, 0.5) is 0 Å². The first kappa shape index (κ1) is 17.7. The van der Waals surface area contributed by atoms with Crippen LogP contribution in [0.25, 0.3) is 0 Å². The minimum Gasteiger partial charge on any atom is -0.497 e. The summed E-state index contributed by atoms with van der Waals surface area (Å²) < 4.78 is 10.4.